The fourth-order valence-electron chi connectivity index (χ4n) is 2.49. The monoisotopic (exact) mass is 304 g/mol. The van der Waals surface area contributed by atoms with Crippen LogP contribution in [0.15, 0.2) is 18.2 Å². The van der Waals surface area contributed by atoms with E-state index in [2.05, 4.69) is 5.32 Å². The molecule has 1 aromatic rings. The summed E-state index contributed by atoms with van der Waals surface area (Å²) in [4.78, 5) is 36.4. The van der Waals surface area contributed by atoms with Gasteiger partial charge in [0.05, 0.1) is 6.42 Å². The van der Waals surface area contributed by atoms with Gasteiger partial charge in [-0.05, 0) is 43.5 Å². The van der Waals surface area contributed by atoms with Gasteiger partial charge in [-0.25, -0.2) is 0 Å². The highest BCUT2D eigenvalue weighted by atomic mass is 16.4. The fourth-order valence-corrected chi connectivity index (χ4v) is 2.49. The van der Waals surface area contributed by atoms with E-state index in [1.165, 1.54) is 0 Å². The number of rotatable bonds is 5. The lowest BCUT2D eigenvalue weighted by atomic mass is 10.1. The Balaban J connectivity index is 2.01. The second-order valence-electron chi connectivity index (χ2n) is 5.53. The summed E-state index contributed by atoms with van der Waals surface area (Å²) < 4.78 is 0. The average Bonchev–Trinajstić information content (AvgIpc) is 2.83. The van der Waals surface area contributed by atoms with E-state index in [0.717, 1.165) is 16.8 Å². The van der Waals surface area contributed by atoms with E-state index in [9.17, 15) is 14.4 Å². The molecule has 0 aliphatic carbocycles. The first-order chi connectivity index (χ1) is 10.4. The van der Waals surface area contributed by atoms with Crippen molar-refractivity contribution < 1.29 is 19.5 Å². The maximum atomic E-state index is 12.4. The molecule has 2 rings (SSSR count). The molecule has 0 bridgehead atoms. The minimum Gasteiger partial charge on any atom is -0.481 e. The summed E-state index contributed by atoms with van der Waals surface area (Å²) in [5.74, 6) is -2.32. The zero-order chi connectivity index (χ0) is 16.3. The van der Waals surface area contributed by atoms with Crippen LogP contribution in [0.5, 0.6) is 0 Å². The number of aliphatic carboxylic acids is 1. The van der Waals surface area contributed by atoms with Crippen LogP contribution in [-0.2, 0) is 14.4 Å². The van der Waals surface area contributed by atoms with Gasteiger partial charge in [0.1, 0.15) is 5.92 Å². The van der Waals surface area contributed by atoms with Crippen LogP contribution in [0.4, 0.5) is 5.69 Å². The zero-order valence-corrected chi connectivity index (χ0v) is 12.8. The Morgan fingerprint density at radius 2 is 2.05 bits per heavy atom. The molecule has 1 saturated heterocycles. The van der Waals surface area contributed by atoms with E-state index in [0.29, 0.717) is 13.0 Å². The summed E-state index contributed by atoms with van der Waals surface area (Å²) in [5, 5.41) is 11.1. The summed E-state index contributed by atoms with van der Waals surface area (Å²) in [6.07, 6.45) is 0.304. The molecule has 22 heavy (non-hydrogen) atoms. The number of aryl methyl sites for hydroxylation is 2. The molecule has 0 radical (unpaired) electrons. The molecular weight excluding hydrogens is 284 g/mol. The van der Waals surface area contributed by atoms with Gasteiger partial charge >= 0.3 is 5.97 Å². The maximum Gasteiger partial charge on any atom is 0.305 e. The molecule has 0 saturated carbocycles. The van der Waals surface area contributed by atoms with Crippen molar-refractivity contribution in [2.24, 2.45) is 5.92 Å². The molecule has 6 nitrogen and oxygen atoms in total. The van der Waals surface area contributed by atoms with Crippen molar-refractivity contribution in [3.05, 3.63) is 29.3 Å². The third-order valence-electron chi connectivity index (χ3n) is 3.96. The van der Waals surface area contributed by atoms with Crippen molar-refractivity contribution in [2.45, 2.75) is 26.7 Å². The Morgan fingerprint density at radius 1 is 1.32 bits per heavy atom. The van der Waals surface area contributed by atoms with Gasteiger partial charge in [-0.15, -0.1) is 0 Å². The number of nitrogens with one attached hydrogen (secondary N) is 1. The van der Waals surface area contributed by atoms with Gasteiger partial charge in [0.2, 0.25) is 11.8 Å². The fraction of sp³-hybridized carbons (Fsp3) is 0.438. The summed E-state index contributed by atoms with van der Waals surface area (Å²) in [6, 6.07) is 5.78. The van der Waals surface area contributed by atoms with Crippen molar-refractivity contribution in [3.8, 4) is 0 Å². The topological polar surface area (TPSA) is 86.7 Å². The Bertz CT molecular complexity index is 612. The van der Waals surface area contributed by atoms with Gasteiger partial charge in [-0.2, -0.15) is 0 Å². The molecule has 118 valence electrons. The first-order valence-electron chi connectivity index (χ1n) is 7.28. The van der Waals surface area contributed by atoms with Crippen molar-refractivity contribution in [1.82, 2.24) is 5.32 Å². The van der Waals surface area contributed by atoms with Gasteiger partial charge in [-0.1, -0.05) is 6.07 Å². The third kappa shape index (κ3) is 3.44. The van der Waals surface area contributed by atoms with Crippen molar-refractivity contribution in [2.75, 3.05) is 18.0 Å². The highest BCUT2D eigenvalue weighted by Crippen LogP contribution is 2.27. The SMILES string of the molecule is Cc1ccc(N2CCC(C(=O)NCCC(=O)O)C2=O)cc1C. The smallest absolute Gasteiger partial charge is 0.305 e. The lowest BCUT2D eigenvalue weighted by molar-refractivity contribution is -0.137. The van der Waals surface area contributed by atoms with Gasteiger partial charge in [0.15, 0.2) is 0 Å². The molecule has 1 atom stereocenters. The number of nitrogens with zero attached hydrogens (tertiary/aromatic N) is 1. The molecule has 0 spiro atoms. The molecule has 2 amide bonds. The van der Waals surface area contributed by atoms with E-state index in [-0.39, 0.29) is 18.9 Å². The van der Waals surface area contributed by atoms with E-state index in [1.54, 1.807) is 4.90 Å². The number of hydrogen-bond acceptors (Lipinski definition) is 3. The van der Waals surface area contributed by atoms with Crippen LogP contribution in [0.25, 0.3) is 0 Å². The highest BCUT2D eigenvalue weighted by Gasteiger charge is 2.37. The van der Waals surface area contributed by atoms with Gasteiger partial charge in [0.25, 0.3) is 0 Å². The Kier molecular flexibility index (Phi) is 4.80. The van der Waals surface area contributed by atoms with Crippen LogP contribution < -0.4 is 10.2 Å². The second kappa shape index (κ2) is 6.60. The van der Waals surface area contributed by atoms with E-state index >= 15 is 0 Å². The van der Waals surface area contributed by atoms with Crippen molar-refractivity contribution in [1.29, 1.82) is 0 Å². The van der Waals surface area contributed by atoms with Crippen LogP contribution >= 0.6 is 0 Å². The van der Waals surface area contributed by atoms with Crippen LogP contribution in [-0.4, -0.2) is 36.0 Å². The molecule has 1 aliphatic rings. The minimum absolute atomic E-state index is 0.0432. The van der Waals surface area contributed by atoms with E-state index in [1.807, 2.05) is 32.0 Å². The average molecular weight is 304 g/mol. The Labute approximate surface area is 129 Å². The van der Waals surface area contributed by atoms with Gasteiger partial charge in [0, 0.05) is 18.8 Å². The Morgan fingerprint density at radius 3 is 2.68 bits per heavy atom. The standard InChI is InChI=1S/C16H20N2O4/c1-10-3-4-12(9-11(10)2)18-8-6-13(16(18)22)15(21)17-7-5-14(19)20/h3-4,9,13H,5-8H2,1-2H3,(H,17,21)(H,19,20). The zero-order valence-electron chi connectivity index (χ0n) is 12.8. The summed E-state index contributed by atoms with van der Waals surface area (Å²) in [5.41, 5.74) is 3.05. The molecule has 1 unspecified atom stereocenters. The molecule has 2 N–H and O–H groups in total. The summed E-state index contributed by atoms with van der Waals surface area (Å²) >= 11 is 0. The number of carbonyl (C=O) groups is 3. The number of amides is 2. The van der Waals surface area contributed by atoms with E-state index in [4.69, 9.17) is 5.11 Å². The van der Waals surface area contributed by atoms with Crippen LogP contribution in [0, 0.1) is 19.8 Å². The van der Waals surface area contributed by atoms with Crippen molar-refractivity contribution in [3.63, 3.8) is 0 Å². The number of benzene rings is 1. The first kappa shape index (κ1) is 16.0. The number of carbonyl (C=O) groups excluding carboxylic acids is 2. The predicted octanol–water partition coefficient (Wildman–Crippen LogP) is 1.25. The summed E-state index contributed by atoms with van der Waals surface area (Å²) in [6.45, 7) is 4.53. The molecule has 1 heterocycles. The highest BCUT2D eigenvalue weighted by molar-refractivity contribution is 6.09. The predicted molar refractivity (Wildman–Crippen MR) is 81.6 cm³/mol. The minimum atomic E-state index is -0.977. The first-order valence-corrected chi connectivity index (χ1v) is 7.28. The lowest BCUT2D eigenvalue weighted by Gasteiger charge is -2.18. The molecule has 1 aliphatic heterocycles. The van der Waals surface area contributed by atoms with E-state index < -0.39 is 17.8 Å². The number of carboxylic acids is 1. The molecule has 1 fully saturated rings. The van der Waals surface area contributed by atoms with Crippen molar-refractivity contribution >= 4 is 23.5 Å². The molecule has 1 aromatic carbocycles. The van der Waals surface area contributed by atoms with Crippen LogP contribution in [0.1, 0.15) is 24.0 Å². The van der Waals surface area contributed by atoms with Crippen LogP contribution in [0.3, 0.4) is 0 Å². The lowest BCUT2D eigenvalue weighted by Crippen LogP contribution is -2.37. The quantitative estimate of drug-likeness (QED) is 0.802. The van der Waals surface area contributed by atoms with Gasteiger partial charge < -0.3 is 15.3 Å². The summed E-state index contributed by atoms with van der Waals surface area (Å²) in [7, 11) is 0. The maximum absolute atomic E-state index is 12.4. The number of hydrogen-bond donors (Lipinski definition) is 2. The second-order valence-corrected chi connectivity index (χ2v) is 5.53. The third-order valence-corrected chi connectivity index (χ3v) is 3.96. The Hall–Kier alpha value is -2.37. The largest absolute Gasteiger partial charge is 0.481 e. The van der Waals surface area contributed by atoms with Gasteiger partial charge in [-0.3, -0.25) is 14.4 Å². The number of anilines is 1. The molecule has 0 aromatic heterocycles. The number of carboxylic acid groups (broad SMARTS) is 1. The molecule has 6 heteroatoms. The normalized spacial score (nSPS) is 17.6. The van der Waals surface area contributed by atoms with Crippen LogP contribution in [0.2, 0.25) is 0 Å². The molecular formula is C16H20N2O4.